The maximum Gasteiger partial charge on any atom is 0.119 e. The van der Waals surface area contributed by atoms with E-state index in [-0.39, 0.29) is 0 Å². The lowest BCUT2D eigenvalue weighted by Gasteiger charge is -2.06. The van der Waals surface area contributed by atoms with Crippen molar-refractivity contribution in [3.63, 3.8) is 0 Å². The topological polar surface area (TPSA) is 18.5 Å². The van der Waals surface area contributed by atoms with Crippen molar-refractivity contribution in [2.24, 2.45) is 0 Å². The van der Waals surface area contributed by atoms with Gasteiger partial charge in [0.05, 0.1) is 14.2 Å². The zero-order valence-electron chi connectivity index (χ0n) is 12.7. The van der Waals surface area contributed by atoms with Crippen LogP contribution in [0.5, 0.6) is 11.5 Å². The van der Waals surface area contributed by atoms with E-state index >= 15 is 0 Å². The van der Waals surface area contributed by atoms with Crippen molar-refractivity contribution in [1.29, 1.82) is 0 Å². The van der Waals surface area contributed by atoms with Crippen LogP contribution in [0.25, 0.3) is 0 Å². The first-order valence-corrected chi connectivity index (χ1v) is 8.31. The van der Waals surface area contributed by atoms with Gasteiger partial charge in [0.25, 0.3) is 0 Å². The lowest BCUT2D eigenvalue weighted by Crippen LogP contribution is -1.94. The Hall–Kier alpha value is -1.61. The van der Waals surface area contributed by atoms with E-state index in [9.17, 15) is 0 Å². The number of hydrogen-bond donors (Lipinski definition) is 0. The summed E-state index contributed by atoms with van der Waals surface area (Å²) in [5.41, 5.74) is 2.67. The molecule has 0 atom stereocenters. The van der Waals surface area contributed by atoms with Gasteiger partial charge in [-0.2, -0.15) is 11.8 Å². The minimum atomic E-state index is 0.939. The van der Waals surface area contributed by atoms with Gasteiger partial charge in [-0.05, 0) is 59.7 Å². The molecule has 2 nitrogen and oxygen atoms in total. The number of thioether (sulfide) groups is 1. The molecule has 0 saturated carbocycles. The average Bonchev–Trinajstić information content (AvgIpc) is 2.55. The average molecular weight is 302 g/mol. The minimum absolute atomic E-state index is 0.939. The molecule has 2 rings (SSSR count). The highest BCUT2D eigenvalue weighted by atomic mass is 32.2. The molecule has 0 aromatic heterocycles. The molecule has 21 heavy (non-hydrogen) atoms. The third kappa shape index (κ3) is 5.35. The van der Waals surface area contributed by atoms with Gasteiger partial charge in [-0.15, -0.1) is 0 Å². The van der Waals surface area contributed by atoms with Crippen molar-refractivity contribution in [3.05, 3.63) is 59.7 Å². The molecule has 2 aromatic carbocycles. The zero-order chi connectivity index (χ0) is 14.9. The fraction of sp³-hybridized carbons (Fsp3) is 0.333. The summed E-state index contributed by atoms with van der Waals surface area (Å²) < 4.78 is 10.5. The number of ether oxygens (including phenoxy) is 2. The van der Waals surface area contributed by atoms with Crippen LogP contribution in [0.2, 0.25) is 0 Å². The van der Waals surface area contributed by atoms with E-state index in [0.717, 1.165) is 35.8 Å². The van der Waals surface area contributed by atoms with Crippen LogP contribution in [-0.2, 0) is 12.8 Å². The Kier molecular flexibility index (Phi) is 6.48. The molecule has 0 aliphatic heterocycles. The number of methoxy groups -OCH3 is 2. The van der Waals surface area contributed by atoms with E-state index in [1.807, 2.05) is 23.9 Å². The quantitative estimate of drug-likeness (QED) is 0.680. The molecule has 0 fully saturated rings. The Bertz CT molecular complexity index is 505. The molecular formula is C18H22O2S. The molecule has 0 N–H and O–H groups in total. The van der Waals surface area contributed by atoms with Crippen molar-refractivity contribution in [3.8, 4) is 11.5 Å². The van der Waals surface area contributed by atoms with Gasteiger partial charge in [-0.1, -0.05) is 24.3 Å². The van der Waals surface area contributed by atoms with Crippen molar-refractivity contribution in [1.82, 2.24) is 0 Å². The Labute approximate surface area is 131 Å². The first-order valence-electron chi connectivity index (χ1n) is 7.15. The van der Waals surface area contributed by atoms with Crippen LogP contribution in [0.4, 0.5) is 0 Å². The maximum atomic E-state index is 5.24. The summed E-state index contributed by atoms with van der Waals surface area (Å²) in [5.74, 6) is 4.15. The molecule has 0 saturated heterocycles. The van der Waals surface area contributed by atoms with Crippen molar-refractivity contribution in [2.75, 3.05) is 25.7 Å². The van der Waals surface area contributed by atoms with Crippen molar-refractivity contribution in [2.45, 2.75) is 12.8 Å². The summed E-state index contributed by atoms with van der Waals surface area (Å²) in [6, 6.07) is 16.6. The molecule has 112 valence electrons. The van der Waals surface area contributed by atoms with E-state index in [4.69, 9.17) is 9.47 Å². The third-order valence-electron chi connectivity index (χ3n) is 3.34. The number of hydrogen-bond acceptors (Lipinski definition) is 3. The SMILES string of the molecule is COc1cccc(CCSCCc2cccc(OC)c2)c1. The van der Waals surface area contributed by atoms with Crippen LogP contribution in [0.1, 0.15) is 11.1 Å². The number of aryl methyl sites for hydroxylation is 2. The number of benzene rings is 2. The maximum absolute atomic E-state index is 5.24. The minimum Gasteiger partial charge on any atom is -0.497 e. The zero-order valence-corrected chi connectivity index (χ0v) is 13.5. The fourth-order valence-corrected chi connectivity index (χ4v) is 3.10. The molecule has 0 aliphatic carbocycles. The van der Waals surface area contributed by atoms with E-state index in [2.05, 4.69) is 36.4 Å². The van der Waals surface area contributed by atoms with Crippen molar-refractivity contribution < 1.29 is 9.47 Å². The normalized spacial score (nSPS) is 10.4. The Morgan fingerprint density at radius 1 is 0.762 bits per heavy atom. The Morgan fingerprint density at radius 2 is 1.24 bits per heavy atom. The van der Waals surface area contributed by atoms with Gasteiger partial charge in [0.1, 0.15) is 11.5 Å². The fourth-order valence-electron chi connectivity index (χ4n) is 2.14. The van der Waals surface area contributed by atoms with E-state index in [1.165, 1.54) is 11.1 Å². The first kappa shape index (κ1) is 15.8. The second-order valence-corrected chi connectivity index (χ2v) is 6.04. The van der Waals surface area contributed by atoms with Gasteiger partial charge < -0.3 is 9.47 Å². The summed E-state index contributed by atoms with van der Waals surface area (Å²) in [6.45, 7) is 0. The second kappa shape index (κ2) is 8.63. The molecular weight excluding hydrogens is 280 g/mol. The first-order chi connectivity index (χ1) is 10.3. The molecule has 0 spiro atoms. The third-order valence-corrected chi connectivity index (χ3v) is 4.32. The lowest BCUT2D eigenvalue weighted by atomic mass is 10.2. The van der Waals surface area contributed by atoms with Crippen LogP contribution < -0.4 is 9.47 Å². The predicted molar refractivity (Wildman–Crippen MR) is 90.7 cm³/mol. The summed E-state index contributed by atoms with van der Waals surface area (Å²) in [4.78, 5) is 0. The van der Waals surface area contributed by atoms with E-state index < -0.39 is 0 Å². The van der Waals surface area contributed by atoms with Crippen LogP contribution in [-0.4, -0.2) is 25.7 Å². The molecule has 0 bridgehead atoms. The number of rotatable bonds is 8. The largest absolute Gasteiger partial charge is 0.497 e. The van der Waals surface area contributed by atoms with Crippen LogP contribution >= 0.6 is 11.8 Å². The molecule has 2 aromatic rings. The molecule has 3 heteroatoms. The molecule has 0 heterocycles. The van der Waals surface area contributed by atoms with Crippen LogP contribution in [0, 0.1) is 0 Å². The highest BCUT2D eigenvalue weighted by Gasteiger charge is 1.99. The van der Waals surface area contributed by atoms with E-state index in [0.29, 0.717) is 0 Å². The van der Waals surface area contributed by atoms with Gasteiger partial charge in [-0.3, -0.25) is 0 Å². The van der Waals surface area contributed by atoms with E-state index in [1.54, 1.807) is 14.2 Å². The Morgan fingerprint density at radius 3 is 1.67 bits per heavy atom. The summed E-state index contributed by atoms with van der Waals surface area (Å²) >= 11 is 1.99. The van der Waals surface area contributed by atoms with Crippen LogP contribution in [0.3, 0.4) is 0 Å². The highest BCUT2D eigenvalue weighted by molar-refractivity contribution is 7.99. The standard InChI is InChI=1S/C18H22O2S/c1-19-17-7-3-5-15(13-17)9-11-21-12-10-16-6-4-8-18(14-16)20-2/h3-8,13-14H,9-12H2,1-2H3. The molecule has 0 radical (unpaired) electrons. The summed E-state index contributed by atoms with van der Waals surface area (Å²) in [7, 11) is 3.42. The molecule has 0 amide bonds. The molecule has 0 aliphatic rings. The predicted octanol–water partition coefficient (Wildman–Crippen LogP) is 4.22. The van der Waals surface area contributed by atoms with Gasteiger partial charge >= 0.3 is 0 Å². The smallest absolute Gasteiger partial charge is 0.119 e. The van der Waals surface area contributed by atoms with Gasteiger partial charge in [0, 0.05) is 0 Å². The monoisotopic (exact) mass is 302 g/mol. The highest BCUT2D eigenvalue weighted by Crippen LogP contribution is 2.17. The van der Waals surface area contributed by atoms with Gasteiger partial charge in [0.15, 0.2) is 0 Å². The lowest BCUT2D eigenvalue weighted by molar-refractivity contribution is 0.414. The summed E-state index contributed by atoms with van der Waals surface area (Å²) in [5, 5.41) is 0. The van der Waals surface area contributed by atoms with Crippen molar-refractivity contribution >= 4 is 11.8 Å². The Balaban J connectivity index is 1.69. The van der Waals surface area contributed by atoms with Gasteiger partial charge in [0.2, 0.25) is 0 Å². The molecule has 0 unspecified atom stereocenters. The van der Waals surface area contributed by atoms with Gasteiger partial charge in [-0.25, -0.2) is 0 Å². The van der Waals surface area contributed by atoms with Crippen LogP contribution in [0.15, 0.2) is 48.5 Å². The summed E-state index contributed by atoms with van der Waals surface area (Å²) in [6.07, 6.45) is 2.17. The second-order valence-electron chi connectivity index (χ2n) is 4.82.